The van der Waals surface area contributed by atoms with E-state index in [1.165, 1.54) is 6.33 Å². The fraction of sp³-hybridized carbons (Fsp3) is 0.0741. The number of amides is 1. The van der Waals surface area contributed by atoms with Gasteiger partial charge in [0.05, 0.1) is 23.0 Å². The molecule has 37 heavy (non-hydrogen) atoms. The van der Waals surface area contributed by atoms with Gasteiger partial charge in [-0.15, -0.1) is 0 Å². The van der Waals surface area contributed by atoms with E-state index in [0.717, 1.165) is 16.5 Å². The minimum absolute atomic E-state index is 0.158. The summed E-state index contributed by atoms with van der Waals surface area (Å²) in [7, 11) is 0. The van der Waals surface area contributed by atoms with Crippen molar-refractivity contribution in [2.45, 2.75) is 6.92 Å². The second-order valence-corrected chi connectivity index (χ2v) is 8.84. The van der Waals surface area contributed by atoms with Crippen molar-refractivity contribution in [2.24, 2.45) is 0 Å². The molecule has 0 spiro atoms. The first kappa shape index (κ1) is 22.7. The number of nitrogens with one attached hydrogen (secondary N) is 1. The van der Waals surface area contributed by atoms with Crippen LogP contribution in [0, 0.1) is 6.92 Å². The highest BCUT2D eigenvalue weighted by Gasteiger charge is 2.18. The van der Waals surface area contributed by atoms with Crippen LogP contribution in [0.3, 0.4) is 0 Å². The van der Waals surface area contributed by atoms with Crippen LogP contribution >= 0.6 is 11.6 Å². The molecule has 182 valence electrons. The van der Waals surface area contributed by atoms with Crippen LogP contribution in [0.5, 0.6) is 5.75 Å². The van der Waals surface area contributed by atoms with E-state index in [-0.39, 0.29) is 12.5 Å². The third kappa shape index (κ3) is 4.48. The summed E-state index contributed by atoms with van der Waals surface area (Å²) in [5.41, 5.74) is 2.06. The first-order valence-electron chi connectivity index (χ1n) is 11.5. The molecule has 1 amide bonds. The molecule has 0 saturated heterocycles. The van der Waals surface area contributed by atoms with Gasteiger partial charge >= 0.3 is 0 Å². The zero-order chi connectivity index (χ0) is 25.4. The summed E-state index contributed by atoms with van der Waals surface area (Å²) in [5.74, 6) is 1.23. The van der Waals surface area contributed by atoms with Crippen LogP contribution < -0.4 is 10.1 Å². The Balaban J connectivity index is 1.26. The van der Waals surface area contributed by atoms with Gasteiger partial charge in [0.25, 0.3) is 5.91 Å². The first-order chi connectivity index (χ1) is 18.0. The molecule has 3 aromatic carbocycles. The van der Waals surface area contributed by atoms with Gasteiger partial charge in [0.2, 0.25) is 0 Å². The van der Waals surface area contributed by atoms with E-state index in [2.05, 4.69) is 25.5 Å². The molecule has 3 aromatic heterocycles. The number of rotatable bonds is 6. The molecule has 0 fully saturated rings. The Morgan fingerprint density at radius 3 is 2.70 bits per heavy atom. The normalized spacial score (nSPS) is 11.2. The molecule has 0 aliphatic heterocycles. The van der Waals surface area contributed by atoms with Gasteiger partial charge in [0.15, 0.2) is 18.1 Å². The van der Waals surface area contributed by atoms with Gasteiger partial charge in [0.1, 0.15) is 17.9 Å². The number of aryl methyl sites for hydroxylation is 1. The molecule has 9 nitrogen and oxygen atoms in total. The smallest absolute Gasteiger partial charge is 0.263 e. The number of carbonyl (C=O) groups excluding carboxylic acids is 1. The molecule has 0 radical (unpaired) electrons. The van der Waals surface area contributed by atoms with E-state index in [9.17, 15) is 4.79 Å². The Labute approximate surface area is 216 Å². The third-order valence-electron chi connectivity index (χ3n) is 5.79. The van der Waals surface area contributed by atoms with Gasteiger partial charge < -0.3 is 10.1 Å². The molecule has 0 aliphatic carbocycles. The lowest BCUT2D eigenvalue weighted by molar-refractivity contribution is -0.118. The lowest BCUT2D eigenvalue weighted by Crippen LogP contribution is -2.22. The van der Waals surface area contributed by atoms with E-state index in [1.54, 1.807) is 33.8 Å². The SMILES string of the molecule is Cc1cc(NC(=O)COc2ccc3ccccc3c2)n(-c2ncnc3c2cnn3-c2cccc(Cl)c2)n1. The summed E-state index contributed by atoms with van der Waals surface area (Å²) in [4.78, 5) is 21.6. The van der Waals surface area contributed by atoms with E-state index in [4.69, 9.17) is 16.3 Å². The van der Waals surface area contributed by atoms with Gasteiger partial charge in [0, 0.05) is 11.1 Å². The number of carbonyl (C=O) groups is 1. The summed E-state index contributed by atoms with van der Waals surface area (Å²) in [6.45, 7) is 1.68. The van der Waals surface area contributed by atoms with E-state index < -0.39 is 0 Å². The highest BCUT2D eigenvalue weighted by atomic mass is 35.5. The maximum atomic E-state index is 12.8. The van der Waals surface area contributed by atoms with Crippen LogP contribution in [-0.4, -0.2) is 42.0 Å². The zero-order valence-electron chi connectivity index (χ0n) is 19.7. The molecule has 6 rings (SSSR count). The summed E-state index contributed by atoms with van der Waals surface area (Å²) in [6.07, 6.45) is 3.10. The Kier molecular flexibility index (Phi) is 5.74. The molecule has 10 heteroatoms. The molecule has 0 unspecified atom stereocenters. The van der Waals surface area contributed by atoms with Crippen molar-refractivity contribution in [3.8, 4) is 17.3 Å². The standard InChI is InChI=1S/C27H20ClN7O2/c1-17-11-24(32-25(36)15-37-22-10-9-18-5-2-3-6-19(18)12-22)35(33-17)27-23-14-31-34(26(23)29-16-30-27)21-8-4-7-20(28)13-21/h2-14,16H,15H2,1H3,(H,32,36). The average molecular weight is 510 g/mol. The Bertz CT molecular complexity index is 1780. The highest BCUT2D eigenvalue weighted by Crippen LogP contribution is 2.25. The molecular formula is C27H20ClN7O2. The topological polar surface area (TPSA) is 99.7 Å². The number of hydrogen-bond acceptors (Lipinski definition) is 6. The fourth-order valence-corrected chi connectivity index (χ4v) is 4.32. The average Bonchev–Trinajstić information content (AvgIpc) is 3.50. The number of halogens is 1. The fourth-order valence-electron chi connectivity index (χ4n) is 4.13. The van der Waals surface area contributed by atoms with Crippen LogP contribution in [0.4, 0.5) is 5.82 Å². The zero-order valence-corrected chi connectivity index (χ0v) is 20.4. The van der Waals surface area contributed by atoms with Crippen LogP contribution in [0.2, 0.25) is 5.02 Å². The largest absolute Gasteiger partial charge is 0.484 e. The second-order valence-electron chi connectivity index (χ2n) is 8.40. The molecule has 0 saturated carbocycles. The predicted octanol–water partition coefficient (Wildman–Crippen LogP) is 5.13. The number of aromatic nitrogens is 6. The molecule has 0 atom stereocenters. The van der Waals surface area contributed by atoms with Gasteiger partial charge in [-0.2, -0.15) is 14.9 Å². The molecular weight excluding hydrogens is 490 g/mol. The van der Waals surface area contributed by atoms with Crippen LogP contribution in [0.15, 0.2) is 85.3 Å². The third-order valence-corrected chi connectivity index (χ3v) is 6.02. The van der Waals surface area contributed by atoms with Crippen molar-refractivity contribution < 1.29 is 9.53 Å². The second kappa shape index (κ2) is 9.36. The van der Waals surface area contributed by atoms with Gasteiger partial charge in [-0.25, -0.2) is 14.6 Å². The summed E-state index contributed by atoms with van der Waals surface area (Å²) < 4.78 is 8.99. The van der Waals surface area contributed by atoms with Crippen molar-refractivity contribution >= 4 is 45.1 Å². The molecule has 0 aliphatic rings. The van der Waals surface area contributed by atoms with Crippen molar-refractivity contribution in [3.63, 3.8) is 0 Å². The van der Waals surface area contributed by atoms with Crippen molar-refractivity contribution in [1.29, 1.82) is 0 Å². The van der Waals surface area contributed by atoms with Crippen molar-refractivity contribution in [3.05, 3.63) is 96.0 Å². The summed E-state index contributed by atoms with van der Waals surface area (Å²) in [5, 5.41) is 15.3. The highest BCUT2D eigenvalue weighted by molar-refractivity contribution is 6.30. The lowest BCUT2D eigenvalue weighted by Gasteiger charge is -2.10. The quantitative estimate of drug-likeness (QED) is 0.334. The van der Waals surface area contributed by atoms with E-state index in [1.807, 2.05) is 61.5 Å². The number of fused-ring (bicyclic) bond motifs is 2. The molecule has 1 N–H and O–H groups in total. The van der Waals surface area contributed by atoms with E-state index in [0.29, 0.717) is 39.1 Å². The van der Waals surface area contributed by atoms with Crippen molar-refractivity contribution in [2.75, 3.05) is 11.9 Å². The maximum Gasteiger partial charge on any atom is 0.263 e. The number of hydrogen-bond donors (Lipinski definition) is 1. The maximum absolute atomic E-state index is 12.8. The Hall–Kier alpha value is -4.76. The van der Waals surface area contributed by atoms with Gasteiger partial charge in [-0.1, -0.05) is 48.0 Å². The van der Waals surface area contributed by atoms with Crippen LogP contribution in [-0.2, 0) is 4.79 Å². The summed E-state index contributed by atoms with van der Waals surface area (Å²) in [6, 6.07) is 22.8. The lowest BCUT2D eigenvalue weighted by atomic mass is 10.1. The monoisotopic (exact) mass is 509 g/mol. The number of anilines is 1. The minimum Gasteiger partial charge on any atom is -0.484 e. The van der Waals surface area contributed by atoms with Crippen molar-refractivity contribution in [1.82, 2.24) is 29.5 Å². The Morgan fingerprint density at radius 2 is 1.84 bits per heavy atom. The minimum atomic E-state index is -0.325. The van der Waals surface area contributed by atoms with Gasteiger partial charge in [-0.3, -0.25) is 4.79 Å². The molecule has 6 aromatic rings. The first-order valence-corrected chi connectivity index (χ1v) is 11.9. The van der Waals surface area contributed by atoms with Crippen LogP contribution in [0.25, 0.3) is 33.3 Å². The number of benzene rings is 3. The predicted molar refractivity (Wildman–Crippen MR) is 142 cm³/mol. The van der Waals surface area contributed by atoms with E-state index >= 15 is 0 Å². The van der Waals surface area contributed by atoms with Gasteiger partial charge in [-0.05, 0) is 48.0 Å². The summed E-state index contributed by atoms with van der Waals surface area (Å²) >= 11 is 6.16. The van der Waals surface area contributed by atoms with Crippen LogP contribution in [0.1, 0.15) is 5.69 Å². The molecule has 3 heterocycles. The number of ether oxygens (including phenoxy) is 1. The number of nitrogens with zero attached hydrogens (tertiary/aromatic N) is 6. The Morgan fingerprint density at radius 1 is 0.973 bits per heavy atom. The molecule has 0 bridgehead atoms.